The van der Waals surface area contributed by atoms with E-state index in [-0.39, 0.29) is 29.6 Å². The highest BCUT2D eigenvalue weighted by molar-refractivity contribution is 7.14. The van der Waals surface area contributed by atoms with Gasteiger partial charge in [-0.2, -0.15) is 13.2 Å². The third-order valence-electron chi connectivity index (χ3n) is 4.83. The third-order valence-corrected chi connectivity index (χ3v) is 5.74. The molecule has 1 saturated heterocycles. The summed E-state index contributed by atoms with van der Waals surface area (Å²) in [6.45, 7) is 1.04. The third kappa shape index (κ3) is 5.52. The molecule has 0 atom stereocenters. The van der Waals surface area contributed by atoms with Crippen LogP contribution in [0.3, 0.4) is 0 Å². The van der Waals surface area contributed by atoms with Gasteiger partial charge >= 0.3 is 12.2 Å². The van der Waals surface area contributed by atoms with Gasteiger partial charge in [0.2, 0.25) is 5.91 Å². The van der Waals surface area contributed by atoms with Crippen molar-refractivity contribution in [2.45, 2.75) is 12.6 Å². The van der Waals surface area contributed by atoms with Crippen LogP contribution in [-0.4, -0.2) is 35.9 Å². The van der Waals surface area contributed by atoms with Crippen molar-refractivity contribution < 1.29 is 27.6 Å². The van der Waals surface area contributed by atoms with Crippen LogP contribution >= 0.6 is 11.3 Å². The number of anilines is 3. The smallest absolute Gasteiger partial charge is 0.336 e. The minimum absolute atomic E-state index is 0.000263. The van der Waals surface area contributed by atoms with Gasteiger partial charge in [-0.1, -0.05) is 12.1 Å². The van der Waals surface area contributed by atoms with E-state index >= 15 is 0 Å². The molecule has 2 heterocycles. The Balaban J connectivity index is 1.38. The number of nitrogens with one attached hydrogen (secondary N) is 3. The minimum atomic E-state index is -4.52. The molecule has 0 radical (unpaired) electrons. The number of urea groups is 1. The summed E-state index contributed by atoms with van der Waals surface area (Å²) in [5.41, 5.74) is 0.125. The normalized spacial score (nSPS) is 13.5. The molecule has 1 fully saturated rings. The van der Waals surface area contributed by atoms with Crippen LogP contribution in [-0.2, 0) is 17.4 Å². The zero-order valence-electron chi connectivity index (χ0n) is 17.5. The van der Waals surface area contributed by atoms with Crippen molar-refractivity contribution in [2.24, 2.45) is 0 Å². The van der Waals surface area contributed by atoms with Crippen molar-refractivity contribution in [3.8, 4) is 0 Å². The second kappa shape index (κ2) is 9.51. The van der Waals surface area contributed by atoms with Crippen molar-refractivity contribution in [3.63, 3.8) is 0 Å². The van der Waals surface area contributed by atoms with E-state index in [2.05, 4.69) is 20.9 Å². The highest BCUT2D eigenvalue weighted by atomic mass is 32.1. The summed E-state index contributed by atoms with van der Waals surface area (Å²) in [7, 11) is 0. The van der Waals surface area contributed by atoms with E-state index in [0.717, 1.165) is 12.1 Å². The Labute approximate surface area is 195 Å². The van der Waals surface area contributed by atoms with Crippen LogP contribution < -0.4 is 20.9 Å². The van der Waals surface area contributed by atoms with Crippen molar-refractivity contribution in [1.82, 2.24) is 10.3 Å². The lowest BCUT2D eigenvalue weighted by molar-refractivity contribution is -0.137. The fourth-order valence-electron chi connectivity index (χ4n) is 3.24. The van der Waals surface area contributed by atoms with Gasteiger partial charge in [-0.15, -0.1) is 11.3 Å². The van der Waals surface area contributed by atoms with Gasteiger partial charge in [0.05, 0.1) is 17.7 Å². The number of alkyl halides is 3. The van der Waals surface area contributed by atoms with Crippen LogP contribution in [0.5, 0.6) is 0 Å². The molecule has 8 nitrogen and oxygen atoms in total. The zero-order chi connectivity index (χ0) is 24.3. The molecule has 1 aromatic heterocycles. The van der Waals surface area contributed by atoms with Gasteiger partial charge in [-0.3, -0.25) is 14.5 Å². The van der Waals surface area contributed by atoms with E-state index in [9.17, 15) is 27.6 Å². The van der Waals surface area contributed by atoms with Gasteiger partial charge < -0.3 is 16.0 Å². The van der Waals surface area contributed by atoms with Crippen molar-refractivity contribution in [1.29, 1.82) is 0 Å². The first kappa shape index (κ1) is 23.2. The number of benzene rings is 2. The Hall–Kier alpha value is -3.93. The van der Waals surface area contributed by atoms with E-state index < -0.39 is 17.6 Å². The molecular weight excluding hydrogens is 471 g/mol. The molecule has 0 unspecified atom stereocenters. The number of carbonyl (C=O) groups is 3. The fraction of sp³-hybridized carbons (Fsp3) is 0.182. The maximum Gasteiger partial charge on any atom is 0.416 e. The van der Waals surface area contributed by atoms with Gasteiger partial charge in [0.1, 0.15) is 0 Å². The molecule has 1 aliphatic rings. The predicted molar refractivity (Wildman–Crippen MR) is 121 cm³/mol. The van der Waals surface area contributed by atoms with E-state index in [0.29, 0.717) is 29.6 Å². The number of amides is 4. The molecule has 0 aliphatic carbocycles. The molecule has 0 spiro atoms. The Bertz CT molecular complexity index is 1240. The first-order valence-corrected chi connectivity index (χ1v) is 11.0. The average Bonchev–Trinajstić information content (AvgIpc) is 3.42. The van der Waals surface area contributed by atoms with Crippen LogP contribution in [0, 0.1) is 0 Å². The maximum absolute atomic E-state index is 12.9. The summed E-state index contributed by atoms with van der Waals surface area (Å²) >= 11 is 1.26. The molecular formula is C22H18F3N5O3S. The van der Waals surface area contributed by atoms with Crippen molar-refractivity contribution in [3.05, 3.63) is 70.7 Å². The van der Waals surface area contributed by atoms with E-state index in [1.54, 1.807) is 17.5 Å². The summed E-state index contributed by atoms with van der Waals surface area (Å²) in [5.74, 6) is -0.999. The average molecular weight is 489 g/mol. The first-order chi connectivity index (χ1) is 16.2. The van der Waals surface area contributed by atoms with Crippen molar-refractivity contribution in [2.75, 3.05) is 28.6 Å². The Morgan fingerprint density at radius 1 is 1.09 bits per heavy atom. The quantitative estimate of drug-likeness (QED) is 0.485. The SMILES string of the molecule is O=C(Cc1csc(N2CCNC2=O)n1)Nc1cccc(C(=O)Nc2cccc(C(F)(F)F)c2)c1. The standard InChI is InChI=1S/C22H18F3N5O3S/c23-22(24,25)14-4-2-6-16(10-14)28-19(32)13-3-1-5-15(9-13)27-18(31)11-17-12-34-21(29-17)30-8-7-26-20(30)33/h1-6,9-10,12H,7-8,11H2,(H,26,33)(H,27,31)(H,28,32). The van der Waals surface area contributed by atoms with Gasteiger partial charge in [0, 0.05) is 35.4 Å². The fourth-order valence-corrected chi connectivity index (χ4v) is 4.09. The van der Waals surface area contributed by atoms with E-state index in [1.807, 2.05) is 0 Å². The summed E-state index contributed by atoms with van der Waals surface area (Å²) in [4.78, 5) is 42.5. The molecule has 0 bridgehead atoms. The molecule has 1 aliphatic heterocycles. The summed E-state index contributed by atoms with van der Waals surface area (Å²) in [5, 5.41) is 9.98. The summed E-state index contributed by atoms with van der Waals surface area (Å²) < 4.78 is 38.6. The summed E-state index contributed by atoms with van der Waals surface area (Å²) in [6.07, 6.45) is -4.56. The second-order valence-corrected chi connectivity index (χ2v) is 8.18. The maximum atomic E-state index is 12.9. The monoisotopic (exact) mass is 489 g/mol. The summed E-state index contributed by atoms with van der Waals surface area (Å²) in [6, 6.07) is 10.1. The molecule has 176 valence electrons. The number of aromatic nitrogens is 1. The van der Waals surface area contributed by atoms with Crippen LogP contribution in [0.1, 0.15) is 21.6 Å². The van der Waals surface area contributed by atoms with E-state index in [1.165, 1.54) is 40.5 Å². The van der Waals surface area contributed by atoms with E-state index in [4.69, 9.17) is 0 Å². The highest BCUT2D eigenvalue weighted by Crippen LogP contribution is 2.30. The van der Waals surface area contributed by atoms with Gasteiger partial charge in [-0.05, 0) is 36.4 Å². The highest BCUT2D eigenvalue weighted by Gasteiger charge is 2.30. The molecule has 4 rings (SSSR count). The lowest BCUT2D eigenvalue weighted by atomic mass is 10.1. The molecule has 12 heteroatoms. The molecule has 34 heavy (non-hydrogen) atoms. The minimum Gasteiger partial charge on any atom is -0.336 e. The van der Waals surface area contributed by atoms with Crippen LogP contribution in [0.4, 0.5) is 34.5 Å². The largest absolute Gasteiger partial charge is 0.416 e. The number of carbonyl (C=O) groups excluding carboxylic acids is 3. The number of thiazole rings is 1. The molecule has 2 aromatic carbocycles. The number of halogens is 3. The lowest BCUT2D eigenvalue weighted by Crippen LogP contribution is -2.27. The molecule has 0 saturated carbocycles. The Morgan fingerprint density at radius 2 is 1.82 bits per heavy atom. The number of nitrogens with zero attached hydrogens (tertiary/aromatic N) is 2. The van der Waals surface area contributed by atoms with Gasteiger partial charge in [0.25, 0.3) is 5.91 Å². The van der Waals surface area contributed by atoms with Gasteiger partial charge in [-0.25, -0.2) is 9.78 Å². The van der Waals surface area contributed by atoms with Crippen molar-refractivity contribution >= 4 is 45.7 Å². The topological polar surface area (TPSA) is 103 Å². The number of hydrogen-bond donors (Lipinski definition) is 3. The Kier molecular flexibility index (Phi) is 6.50. The number of hydrogen-bond acceptors (Lipinski definition) is 5. The second-order valence-electron chi connectivity index (χ2n) is 7.34. The van der Waals surface area contributed by atoms with Crippen LogP contribution in [0.2, 0.25) is 0 Å². The lowest BCUT2D eigenvalue weighted by Gasteiger charge is -2.11. The van der Waals surface area contributed by atoms with Crippen LogP contribution in [0.25, 0.3) is 0 Å². The molecule has 4 amide bonds. The van der Waals surface area contributed by atoms with Gasteiger partial charge in [0.15, 0.2) is 5.13 Å². The van der Waals surface area contributed by atoms with Crippen LogP contribution in [0.15, 0.2) is 53.9 Å². The Morgan fingerprint density at radius 3 is 2.53 bits per heavy atom. The molecule has 3 aromatic rings. The number of rotatable bonds is 6. The molecule has 3 N–H and O–H groups in total. The predicted octanol–water partition coefficient (Wildman–Crippen LogP) is 4.13. The zero-order valence-corrected chi connectivity index (χ0v) is 18.3. The first-order valence-electron chi connectivity index (χ1n) is 10.1.